The number of nitrogens with zero attached hydrogens (tertiary/aromatic N) is 1. The van der Waals surface area contributed by atoms with E-state index in [1.807, 2.05) is 0 Å². The highest BCUT2D eigenvalue weighted by molar-refractivity contribution is 5.69. The van der Waals surface area contributed by atoms with Crippen molar-refractivity contribution >= 4 is 5.69 Å². The minimum Gasteiger partial charge on any atom is -0.508 e. The van der Waals surface area contributed by atoms with Crippen LogP contribution in [0.5, 0.6) is 5.75 Å². The summed E-state index contributed by atoms with van der Waals surface area (Å²) in [7, 11) is 1.71. The number of likely N-dealkylation sites (N-methyl/N-ethyl adjacent to an activating group) is 1. The lowest BCUT2D eigenvalue weighted by Gasteiger charge is -2.31. The first-order valence-corrected chi connectivity index (χ1v) is 6.27. The van der Waals surface area contributed by atoms with Crippen LogP contribution in [0, 0.1) is 0 Å². The average molecular weight is 272 g/mol. The zero-order chi connectivity index (χ0) is 13.8. The summed E-state index contributed by atoms with van der Waals surface area (Å²) in [4.78, 5) is 1.73. The summed E-state index contributed by atoms with van der Waals surface area (Å²) in [5.41, 5.74) is 0.0930. The third-order valence-corrected chi connectivity index (χ3v) is 4.12. The van der Waals surface area contributed by atoms with Crippen LogP contribution in [0.15, 0.2) is 12.1 Å². The molecular weight excluding hydrogens is 257 g/mol. The predicted molar refractivity (Wildman–Crippen MR) is 65.5 cm³/mol. The minimum absolute atomic E-state index is 0.0157. The highest BCUT2D eigenvalue weighted by atomic mass is 19.4. The SMILES string of the molecule is CN1c2c(cc(O)cc2C(F)(F)F)[C@@H]2CNCC[C@@H]21. The molecule has 0 spiro atoms. The van der Waals surface area contributed by atoms with Gasteiger partial charge in [-0.2, -0.15) is 13.2 Å². The molecule has 0 aromatic heterocycles. The standard InChI is InChI=1S/C13H15F3N2O/c1-18-11-2-3-17-6-9(11)8-4-7(19)5-10(12(8)18)13(14,15)16/h4-5,9,11,17,19H,2-3,6H2,1H3/t9-,11-/m0/s1. The normalized spacial score (nSPS) is 26.2. The topological polar surface area (TPSA) is 35.5 Å². The first kappa shape index (κ1) is 12.6. The van der Waals surface area contributed by atoms with E-state index in [1.165, 1.54) is 6.07 Å². The molecule has 2 atom stereocenters. The fourth-order valence-corrected chi connectivity index (χ4v) is 3.32. The molecule has 104 valence electrons. The van der Waals surface area contributed by atoms with Gasteiger partial charge in [-0.1, -0.05) is 0 Å². The third-order valence-electron chi connectivity index (χ3n) is 4.12. The lowest BCUT2D eigenvalue weighted by molar-refractivity contribution is -0.137. The minimum atomic E-state index is -4.45. The molecule has 2 heterocycles. The summed E-state index contributed by atoms with van der Waals surface area (Å²) < 4.78 is 39.4. The molecule has 3 rings (SSSR count). The molecule has 6 heteroatoms. The predicted octanol–water partition coefficient (Wildman–Crippen LogP) is 2.31. The molecule has 0 aliphatic carbocycles. The summed E-state index contributed by atoms with van der Waals surface area (Å²) in [6.45, 7) is 1.47. The number of hydrogen-bond donors (Lipinski definition) is 2. The van der Waals surface area contributed by atoms with Crippen LogP contribution in [-0.4, -0.2) is 31.3 Å². The molecule has 0 saturated carbocycles. The van der Waals surface area contributed by atoms with Crippen molar-refractivity contribution in [1.82, 2.24) is 5.32 Å². The van der Waals surface area contributed by atoms with E-state index in [-0.39, 0.29) is 23.4 Å². The second-order valence-electron chi connectivity index (χ2n) is 5.21. The van der Waals surface area contributed by atoms with E-state index < -0.39 is 11.7 Å². The Morgan fingerprint density at radius 3 is 2.79 bits per heavy atom. The number of benzene rings is 1. The van der Waals surface area contributed by atoms with Crippen molar-refractivity contribution in [3.05, 3.63) is 23.3 Å². The number of fused-ring (bicyclic) bond motifs is 3. The number of aromatic hydroxyl groups is 1. The van der Waals surface area contributed by atoms with Crippen molar-refractivity contribution in [3.63, 3.8) is 0 Å². The van der Waals surface area contributed by atoms with Crippen molar-refractivity contribution in [3.8, 4) is 5.75 Å². The van der Waals surface area contributed by atoms with Gasteiger partial charge in [0, 0.05) is 25.6 Å². The Kier molecular flexibility index (Phi) is 2.67. The van der Waals surface area contributed by atoms with Gasteiger partial charge in [0.05, 0.1) is 11.3 Å². The first-order valence-electron chi connectivity index (χ1n) is 6.27. The Bertz CT molecular complexity index is 515. The van der Waals surface area contributed by atoms with Gasteiger partial charge in [0.25, 0.3) is 0 Å². The number of halogens is 3. The van der Waals surface area contributed by atoms with Gasteiger partial charge in [0.1, 0.15) is 5.75 Å². The van der Waals surface area contributed by atoms with Crippen LogP contribution in [-0.2, 0) is 6.18 Å². The van der Waals surface area contributed by atoms with Gasteiger partial charge in [-0.25, -0.2) is 0 Å². The molecule has 2 aliphatic heterocycles. The molecule has 19 heavy (non-hydrogen) atoms. The van der Waals surface area contributed by atoms with Crippen molar-refractivity contribution in [1.29, 1.82) is 0 Å². The van der Waals surface area contributed by atoms with Crippen LogP contribution < -0.4 is 10.2 Å². The summed E-state index contributed by atoms with van der Waals surface area (Å²) in [5, 5.41) is 12.8. The van der Waals surface area contributed by atoms with Gasteiger partial charge in [-0.15, -0.1) is 0 Å². The van der Waals surface area contributed by atoms with Gasteiger partial charge in [-0.3, -0.25) is 0 Å². The quantitative estimate of drug-likeness (QED) is 0.760. The third kappa shape index (κ3) is 1.85. The Labute approximate surface area is 109 Å². The van der Waals surface area contributed by atoms with Gasteiger partial charge >= 0.3 is 6.18 Å². The molecule has 2 aliphatic rings. The van der Waals surface area contributed by atoms with Gasteiger partial charge in [0.15, 0.2) is 0 Å². The number of alkyl halides is 3. The van der Waals surface area contributed by atoms with Crippen LogP contribution in [0.2, 0.25) is 0 Å². The van der Waals surface area contributed by atoms with Crippen LogP contribution >= 0.6 is 0 Å². The van der Waals surface area contributed by atoms with Gasteiger partial charge in [0.2, 0.25) is 0 Å². The number of nitrogens with one attached hydrogen (secondary N) is 1. The molecule has 1 aromatic carbocycles. The van der Waals surface area contributed by atoms with Gasteiger partial charge in [-0.05, 0) is 30.7 Å². The Balaban J connectivity index is 2.18. The maximum atomic E-state index is 13.1. The summed E-state index contributed by atoms with van der Waals surface area (Å²) in [5.74, 6) is -0.298. The smallest absolute Gasteiger partial charge is 0.418 e. The zero-order valence-electron chi connectivity index (χ0n) is 10.5. The lowest BCUT2D eigenvalue weighted by atomic mass is 9.89. The summed E-state index contributed by atoms with van der Waals surface area (Å²) >= 11 is 0. The molecule has 1 saturated heterocycles. The van der Waals surface area contributed by atoms with E-state index in [1.54, 1.807) is 11.9 Å². The number of phenolic OH excluding ortho intramolecular Hbond substituents is 1. The molecule has 2 N–H and O–H groups in total. The first-order chi connectivity index (χ1) is 8.89. The van der Waals surface area contributed by atoms with E-state index in [9.17, 15) is 18.3 Å². The van der Waals surface area contributed by atoms with E-state index in [2.05, 4.69) is 5.32 Å². The Hall–Kier alpha value is -1.43. The molecule has 3 nitrogen and oxygen atoms in total. The molecular formula is C13H15F3N2O. The van der Waals surface area contributed by atoms with Gasteiger partial charge < -0.3 is 15.3 Å². The molecule has 0 amide bonds. The average Bonchev–Trinajstić information content (AvgIpc) is 2.62. The molecule has 0 unspecified atom stereocenters. The molecule has 0 bridgehead atoms. The van der Waals surface area contributed by atoms with Crippen molar-refractivity contribution in [2.24, 2.45) is 0 Å². The number of hydrogen-bond acceptors (Lipinski definition) is 3. The van der Waals surface area contributed by atoms with E-state index in [0.717, 1.165) is 19.0 Å². The fourth-order valence-electron chi connectivity index (χ4n) is 3.32. The number of anilines is 1. The number of piperidine rings is 1. The van der Waals surface area contributed by atoms with E-state index in [4.69, 9.17) is 0 Å². The fraction of sp³-hybridized carbons (Fsp3) is 0.538. The maximum Gasteiger partial charge on any atom is 0.418 e. The lowest BCUT2D eigenvalue weighted by Crippen LogP contribution is -2.42. The Morgan fingerprint density at radius 1 is 1.37 bits per heavy atom. The summed E-state index contributed by atoms with van der Waals surface area (Å²) in [6.07, 6.45) is -3.63. The van der Waals surface area contributed by atoms with E-state index >= 15 is 0 Å². The monoisotopic (exact) mass is 272 g/mol. The van der Waals surface area contributed by atoms with Crippen molar-refractivity contribution in [2.45, 2.75) is 24.6 Å². The highest BCUT2D eigenvalue weighted by Gasteiger charge is 2.45. The van der Waals surface area contributed by atoms with Crippen LogP contribution in [0.25, 0.3) is 0 Å². The second kappa shape index (κ2) is 4.03. The summed E-state index contributed by atoms with van der Waals surface area (Å²) in [6, 6.07) is 2.37. The number of rotatable bonds is 0. The largest absolute Gasteiger partial charge is 0.508 e. The Morgan fingerprint density at radius 2 is 2.11 bits per heavy atom. The maximum absolute atomic E-state index is 13.1. The number of phenols is 1. The van der Waals surface area contributed by atoms with E-state index in [0.29, 0.717) is 12.1 Å². The highest BCUT2D eigenvalue weighted by Crippen LogP contribution is 2.50. The van der Waals surface area contributed by atoms with Crippen LogP contribution in [0.1, 0.15) is 23.5 Å². The zero-order valence-corrected chi connectivity index (χ0v) is 10.5. The molecule has 0 radical (unpaired) electrons. The van der Waals surface area contributed by atoms with Crippen molar-refractivity contribution < 1.29 is 18.3 Å². The van der Waals surface area contributed by atoms with Crippen molar-refractivity contribution in [2.75, 3.05) is 25.0 Å². The molecule has 1 fully saturated rings. The van der Waals surface area contributed by atoms with Crippen LogP contribution in [0.4, 0.5) is 18.9 Å². The second-order valence-corrected chi connectivity index (χ2v) is 5.21. The van der Waals surface area contributed by atoms with Crippen LogP contribution in [0.3, 0.4) is 0 Å². The molecule has 1 aromatic rings.